The molecule has 2 rings (SSSR count). The molecule has 0 N–H and O–H groups in total. The number of hydrogen-bond acceptors (Lipinski definition) is 2. The van der Waals surface area contributed by atoms with E-state index in [2.05, 4.69) is 22.9 Å². The number of piperidine rings is 1. The molecule has 19 heavy (non-hydrogen) atoms. The predicted molar refractivity (Wildman–Crippen MR) is 74.6 cm³/mol. The maximum absolute atomic E-state index is 13.9. The van der Waals surface area contributed by atoms with Gasteiger partial charge in [-0.1, -0.05) is 13.0 Å². The molecule has 1 aliphatic heterocycles. The predicted octanol–water partition coefficient (Wildman–Crippen LogP) is 3.09. The highest BCUT2D eigenvalue weighted by atomic mass is 79.9. The molecule has 2 unspecified atom stereocenters. The van der Waals surface area contributed by atoms with Crippen LogP contribution in [0, 0.1) is 11.7 Å². The van der Waals surface area contributed by atoms with Gasteiger partial charge in [0.2, 0.25) is 0 Å². The number of hydrogen-bond donors (Lipinski definition) is 0. The van der Waals surface area contributed by atoms with Gasteiger partial charge in [0.25, 0.3) is 5.91 Å². The smallest absolute Gasteiger partial charge is 0.256 e. The molecule has 2 atom stereocenters. The van der Waals surface area contributed by atoms with Crippen molar-refractivity contribution in [2.45, 2.75) is 19.4 Å². The minimum Gasteiger partial charge on any atom is -0.379 e. The van der Waals surface area contributed by atoms with E-state index in [9.17, 15) is 9.18 Å². The molecule has 0 aliphatic carbocycles. The number of rotatable bonds is 2. The first-order valence-corrected chi connectivity index (χ1v) is 7.10. The number of ether oxygens (including phenoxy) is 1. The first-order chi connectivity index (χ1) is 9.04. The van der Waals surface area contributed by atoms with Gasteiger partial charge in [0.05, 0.1) is 16.1 Å². The van der Waals surface area contributed by atoms with Crippen molar-refractivity contribution in [1.82, 2.24) is 4.90 Å². The monoisotopic (exact) mass is 329 g/mol. The van der Waals surface area contributed by atoms with Crippen LogP contribution in [0.4, 0.5) is 4.39 Å². The summed E-state index contributed by atoms with van der Waals surface area (Å²) in [4.78, 5) is 14.0. The van der Waals surface area contributed by atoms with Gasteiger partial charge in [-0.05, 0) is 40.4 Å². The van der Waals surface area contributed by atoms with Gasteiger partial charge in [0, 0.05) is 20.2 Å². The van der Waals surface area contributed by atoms with Crippen molar-refractivity contribution in [3.8, 4) is 0 Å². The summed E-state index contributed by atoms with van der Waals surface area (Å²) in [6.45, 7) is 3.27. The summed E-state index contributed by atoms with van der Waals surface area (Å²) >= 11 is 3.10. The number of carbonyl (C=O) groups is 1. The van der Waals surface area contributed by atoms with E-state index >= 15 is 0 Å². The van der Waals surface area contributed by atoms with Crippen molar-refractivity contribution in [2.75, 3.05) is 20.2 Å². The van der Waals surface area contributed by atoms with Crippen molar-refractivity contribution in [1.29, 1.82) is 0 Å². The number of methoxy groups -OCH3 is 1. The van der Waals surface area contributed by atoms with Gasteiger partial charge < -0.3 is 9.64 Å². The Labute approximate surface area is 120 Å². The lowest BCUT2D eigenvalue weighted by atomic mass is 9.95. The lowest BCUT2D eigenvalue weighted by Gasteiger charge is -2.36. The molecule has 0 saturated carbocycles. The third-order valence-electron chi connectivity index (χ3n) is 3.66. The summed E-state index contributed by atoms with van der Waals surface area (Å²) in [6.07, 6.45) is 0.896. The first kappa shape index (κ1) is 14.5. The second kappa shape index (κ2) is 6.01. The van der Waals surface area contributed by atoms with E-state index in [1.807, 2.05) is 0 Å². The fraction of sp³-hybridized carbons (Fsp3) is 0.500. The fourth-order valence-corrected chi connectivity index (χ4v) is 2.73. The standard InChI is InChI=1S/C14H17BrFNO2/c1-9-6-7-17(8-12(9)19-2)14(18)10-4-3-5-11(15)13(10)16/h3-5,9,12H,6-8H2,1-2H3. The van der Waals surface area contributed by atoms with Crippen LogP contribution in [0.5, 0.6) is 0 Å². The Kier molecular flexibility index (Phi) is 4.58. The highest BCUT2D eigenvalue weighted by Gasteiger charge is 2.30. The normalized spacial score (nSPS) is 23.5. The topological polar surface area (TPSA) is 29.5 Å². The van der Waals surface area contributed by atoms with Gasteiger partial charge in [0.1, 0.15) is 5.82 Å². The zero-order valence-corrected chi connectivity index (χ0v) is 12.6. The average Bonchev–Trinajstić information content (AvgIpc) is 2.41. The molecule has 0 spiro atoms. The fourth-order valence-electron chi connectivity index (χ4n) is 2.36. The van der Waals surface area contributed by atoms with Gasteiger partial charge in [-0.25, -0.2) is 4.39 Å². The summed E-state index contributed by atoms with van der Waals surface area (Å²) < 4.78 is 19.6. The molecule has 1 aromatic carbocycles. The third kappa shape index (κ3) is 2.98. The Hall–Kier alpha value is -0.940. The van der Waals surface area contributed by atoms with Crippen molar-refractivity contribution < 1.29 is 13.9 Å². The molecule has 3 nitrogen and oxygen atoms in total. The Morgan fingerprint density at radius 2 is 2.26 bits per heavy atom. The van der Waals surface area contributed by atoms with Gasteiger partial charge in [-0.2, -0.15) is 0 Å². The van der Waals surface area contributed by atoms with E-state index in [-0.39, 0.29) is 17.6 Å². The Bertz CT molecular complexity index is 481. The number of carbonyl (C=O) groups excluding carboxylic acids is 1. The second-order valence-corrected chi connectivity index (χ2v) is 5.75. The Morgan fingerprint density at radius 1 is 1.53 bits per heavy atom. The molecule has 1 amide bonds. The second-order valence-electron chi connectivity index (χ2n) is 4.89. The highest BCUT2D eigenvalue weighted by Crippen LogP contribution is 2.24. The molecule has 1 saturated heterocycles. The minimum absolute atomic E-state index is 0.0212. The van der Waals surface area contributed by atoms with Gasteiger partial charge in [0.15, 0.2) is 0 Å². The van der Waals surface area contributed by atoms with Crippen molar-refractivity contribution in [3.05, 3.63) is 34.1 Å². The van der Waals surface area contributed by atoms with Crippen LogP contribution in [0.1, 0.15) is 23.7 Å². The van der Waals surface area contributed by atoms with Crippen molar-refractivity contribution in [3.63, 3.8) is 0 Å². The molecule has 1 heterocycles. The summed E-state index contributed by atoms with van der Waals surface area (Å²) in [7, 11) is 1.65. The quantitative estimate of drug-likeness (QED) is 0.834. The number of benzene rings is 1. The molecular weight excluding hydrogens is 313 g/mol. The van der Waals surface area contributed by atoms with E-state index in [1.165, 1.54) is 6.07 Å². The largest absolute Gasteiger partial charge is 0.379 e. The zero-order chi connectivity index (χ0) is 14.0. The van der Waals surface area contributed by atoms with Gasteiger partial charge in [-0.15, -0.1) is 0 Å². The molecule has 1 aliphatic rings. The number of halogens is 2. The molecule has 0 aromatic heterocycles. The summed E-state index contributed by atoms with van der Waals surface area (Å²) in [5.41, 5.74) is 0.110. The zero-order valence-electron chi connectivity index (χ0n) is 11.0. The van der Waals surface area contributed by atoms with E-state index < -0.39 is 5.82 Å². The SMILES string of the molecule is COC1CN(C(=O)c2cccc(Br)c2F)CCC1C. The summed E-state index contributed by atoms with van der Waals surface area (Å²) in [6, 6.07) is 4.77. The third-order valence-corrected chi connectivity index (χ3v) is 4.27. The van der Waals surface area contributed by atoms with Crippen LogP contribution < -0.4 is 0 Å². The molecule has 5 heteroatoms. The van der Waals surface area contributed by atoms with Crippen LogP contribution in [0.25, 0.3) is 0 Å². The molecular formula is C14H17BrFNO2. The van der Waals surface area contributed by atoms with E-state index in [1.54, 1.807) is 24.1 Å². The maximum atomic E-state index is 13.9. The van der Waals surface area contributed by atoms with Crippen LogP contribution in [0.3, 0.4) is 0 Å². The minimum atomic E-state index is -0.500. The molecule has 1 fully saturated rings. The van der Waals surface area contributed by atoms with Crippen LogP contribution in [0.15, 0.2) is 22.7 Å². The molecule has 0 bridgehead atoms. The lowest BCUT2D eigenvalue weighted by Crippen LogP contribution is -2.46. The molecule has 0 radical (unpaired) electrons. The van der Waals surface area contributed by atoms with Crippen molar-refractivity contribution >= 4 is 21.8 Å². The summed E-state index contributed by atoms with van der Waals surface area (Å²) in [5.74, 6) is -0.353. The molecule has 104 valence electrons. The first-order valence-electron chi connectivity index (χ1n) is 6.30. The van der Waals surface area contributed by atoms with Gasteiger partial charge >= 0.3 is 0 Å². The van der Waals surface area contributed by atoms with E-state index in [4.69, 9.17) is 4.74 Å². The van der Waals surface area contributed by atoms with Gasteiger partial charge in [-0.3, -0.25) is 4.79 Å². The maximum Gasteiger partial charge on any atom is 0.256 e. The van der Waals surface area contributed by atoms with Crippen LogP contribution >= 0.6 is 15.9 Å². The lowest BCUT2D eigenvalue weighted by molar-refractivity contribution is -0.00172. The highest BCUT2D eigenvalue weighted by molar-refractivity contribution is 9.10. The Morgan fingerprint density at radius 3 is 2.95 bits per heavy atom. The average molecular weight is 330 g/mol. The van der Waals surface area contributed by atoms with E-state index in [0.29, 0.717) is 23.5 Å². The number of amides is 1. The molecule has 1 aromatic rings. The van der Waals surface area contributed by atoms with E-state index in [0.717, 1.165) is 6.42 Å². The van der Waals surface area contributed by atoms with Crippen molar-refractivity contribution in [2.24, 2.45) is 5.92 Å². The summed E-state index contributed by atoms with van der Waals surface area (Å²) in [5, 5.41) is 0. The van der Waals surface area contributed by atoms with Crippen LogP contribution in [0.2, 0.25) is 0 Å². The number of nitrogens with zero attached hydrogens (tertiary/aromatic N) is 1. The van der Waals surface area contributed by atoms with Crippen LogP contribution in [-0.4, -0.2) is 37.1 Å². The van der Waals surface area contributed by atoms with Crippen LogP contribution in [-0.2, 0) is 4.74 Å². The Balaban J connectivity index is 2.18. The number of likely N-dealkylation sites (tertiary alicyclic amines) is 1.